The van der Waals surface area contributed by atoms with Crippen LogP contribution in [0.2, 0.25) is 0 Å². The average Bonchev–Trinajstić information content (AvgIpc) is 3.24. The van der Waals surface area contributed by atoms with E-state index in [0.717, 1.165) is 25.1 Å². The van der Waals surface area contributed by atoms with Gasteiger partial charge < -0.3 is 0 Å². The molecule has 7 heteroatoms. The normalized spacial score (nSPS) is 15.8. The van der Waals surface area contributed by atoms with Crippen molar-refractivity contribution in [1.82, 2.24) is 9.62 Å². The van der Waals surface area contributed by atoms with Crippen LogP contribution in [0, 0.1) is 5.82 Å². The molecule has 29 heavy (non-hydrogen) atoms. The summed E-state index contributed by atoms with van der Waals surface area (Å²) in [5, 5.41) is 4.07. The molecule has 0 fully saturated rings. The Balaban J connectivity index is 1.49. The van der Waals surface area contributed by atoms with Gasteiger partial charge in [0.15, 0.2) is 0 Å². The highest BCUT2D eigenvalue weighted by Crippen LogP contribution is 2.29. The summed E-state index contributed by atoms with van der Waals surface area (Å²) in [5.74, 6) is -0.862. The first kappa shape index (κ1) is 20.2. The Morgan fingerprint density at radius 3 is 2.59 bits per heavy atom. The van der Waals surface area contributed by atoms with E-state index in [1.54, 1.807) is 23.5 Å². The van der Waals surface area contributed by atoms with Crippen molar-refractivity contribution in [2.45, 2.75) is 24.8 Å². The smallest absolute Gasteiger partial charge is 0.215 e. The summed E-state index contributed by atoms with van der Waals surface area (Å²) < 4.78 is 41.8. The van der Waals surface area contributed by atoms with Crippen molar-refractivity contribution < 1.29 is 12.8 Å². The molecule has 1 aliphatic rings. The SMILES string of the molecule is O=S(=O)(Cc1ccccc1F)NC[C@@H](c1ccsc1)N1CCc2ccccc2C1. The molecule has 4 rings (SSSR count). The molecule has 0 spiro atoms. The van der Waals surface area contributed by atoms with Crippen molar-refractivity contribution in [3.8, 4) is 0 Å². The number of nitrogens with zero attached hydrogens (tertiary/aromatic N) is 1. The van der Waals surface area contributed by atoms with Gasteiger partial charge in [-0.05, 0) is 46.0 Å². The Bertz CT molecular complexity index is 1070. The summed E-state index contributed by atoms with van der Waals surface area (Å²) in [6, 6.07) is 16.4. The van der Waals surface area contributed by atoms with Gasteiger partial charge in [0.2, 0.25) is 10.0 Å². The van der Waals surface area contributed by atoms with Crippen molar-refractivity contribution in [3.63, 3.8) is 0 Å². The van der Waals surface area contributed by atoms with Gasteiger partial charge in [0.1, 0.15) is 5.82 Å². The van der Waals surface area contributed by atoms with E-state index in [9.17, 15) is 12.8 Å². The van der Waals surface area contributed by atoms with E-state index in [4.69, 9.17) is 0 Å². The number of rotatable bonds is 7. The lowest BCUT2D eigenvalue weighted by molar-refractivity contribution is 0.180. The number of thiophene rings is 1. The van der Waals surface area contributed by atoms with Crippen molar-refractivity contribution >= 4 is 21.4 Å². The second-order valence-corrected chi connectivity index (χ2v) is 9.85. The van der Waals surface area contributed by atoms with Gasteiger partial charge in [-0.1, -0.05) is 42.5 Å². The highest BCUT2D eigenvalue weighted by molar-refractivity contribution is 7.88. The molecule has 0 aliphatic carbocycles. The van der Waals surface area contributed by atoms with Gasteiger partial charge in [-0.2, -0.15) is 11.3 Å². The molecule has 0 unspecified atom stereocenters. The first-order valence-corrected chi connectivity index (χ1v) is 12.1. The number of halogens is 1. The Kier molecular flexibility index (Phi) is 6.10. The number of hydrogen-bond donors (Lipinski definition) is 1. The molecule has 1 atom stereocenters. The molecule has 4 nitrogen and oxygen atoms in total. The molecular formula is C22H23FN2O2S2. The Labute approximate surface area is 175 Å². The second-order valence-electron chi connectivity index (χ2n) is 7.26. The lowest BCUT2D eigenvalue weighted by atomic mass is 9.97. The fourth-order valence-electron chi connectivity index (χ4n) is 3.78. The van der Waals surface area contributed by atoms with Crippen molar-refractivity contribution in [2.75, 3.05) is 13.1 Å². The van der Waals surface area contributed by atoms with Gasteiger partial charge in [-0.15, -0.1) is 0 Å². The minimum absolute atomic E-state index is 0.0648. The fraction of sp³-hybridized carbons (Fsp3) is 0.273. The summed E-state index contributed by atoms with van der Waals surface area (Å²) >= 11 is 1.60. The van der Waals surface area contributed by atoms with Crippen LogP contribution in [0.25, 0.3) is 0 Å². The van der Waals surface area contributed by atoms with Crippen molar-refractivity contribution in [3.05, 3.63) is 93.4 Å². The maximum absolute atomic E-state index is 13.9. The molecule has 1 aromatic heterocycles. The third-order valence-electron chi connectivity index (χ3n) is 5.33. The van der Waals surface area contributed by atoms with Crippen molar-refractivity contribution in [1.29, 1.82) is 0 Å². The van der Waals surface area contributed by atoms with Crippen LogP contribution < -0.4 is 4.72 Å². The maximum atomic E-state index is 13.9. The summed E-state index contributed by atoms with van der Waals surface area (Å²) in [6.07, 6.45) is 0.943. The summed E-state index contributed by atoms with van der Waals surface area (Å²) in [6.45, 7) is 1.91. The van der Waals surface area contributed by atoms with Gasteiger partial charge in [0.25, 0.3) is 0 Å². The average molecular weight is 431 g/mol. The van der Waals surface area contributed by atoms with E-state index in [2.05, 4.69) is 33.2 Å². The van der Waals surface area contributed by atoms with E-state index >= 15 is 0 Å². The van der Waals surface area contributed by atoms with Crippen LogP contribution in [-0.4, -0.2) is 26.4 Å². The predicted octanol–water partition coefficient (Wildman–Crippen LogP) is 4.11. The van der Waals surface area contributed by atoms with Crippen LogP contribution in [0.3, 0.4) is 0 Å². The Hall–Kier alpha value is -2.06. The van der Waals surface area contributed by atoms with E-state index < -0.39 is 15.8 Å². The highest BCUT2D eigenvalue weighted by Gasteiger charge is 2.26. The van der Waals surface area contributed by atoms with E-state index in [0.29, 0.717) is 0 Å². The van der Waals surface area contributed by atoms with Crippen LogP contribution in [0.4, 0.5) is 4.39 Å². The molecule has 2 aromatic carbocycles. The third-order valence-corrected chi connectivity index (χ3v) is 7.33. The standard InChI is InChI=1S/C22H23FN2O2S2/c23-21-8-4-3-7-20(21)16-29(26,27)24-13-22(19-10-12-28-15-19)25-11-9-17-5-1-2-6-18(17)14-25/h1-8,10,12,15,22,24H,9,11,13-14,16H2/t22-/m0/s1. The van der Waals surface area contributed by atoms with Crippen molar-refractivity contribution in [2.24, 2.45) is 0 Å². The predicted molar refractivity (Wildman–Crippen MR) is 115 cm³/mol. The van der Waals surface area contributed by atoms with E-state index in [1.165, 1.54) is 23.3 Å². The largest absolute Gasteiger partial charge is 0.290 e. The van der Waals surface area contributed by atoms with E-state index in [1.807, 2.05) is 17.5 Å². The molecule has 1 aliphatic heterocycles. The molecule has 152 valence electrons. The quantitative estimate of drug-likeness (QED) is 0.614. The number of sulfonamides is 1. The summed E-state index contributed by atoms with van der Waals surface area (Å²) in [5.41, 5.74) is 3.92. The molecule has 3 aromatic rings. The van der Waals surface area contributed by atoms with E-state index in [-0.39, 0.29) is 23.9 Å². The number of nitrogens with one attached hydrogen (secondary N) is 1. The molecule has 0 saturated heterocycles. The van der Waals surface area contributed by atoms with Gasteiger partial charge in [0, 0.05) is 31.2 Å². The van der Waals surface area contributed by atoms with Gasteiger partial charge in [0.05, 0.1) is 5.75 Å². The minimum atomic E-state index is -3.66. The minimum Gasteiger partial charge on any atom is -0.290 e. The van der Waals surface area contributed by atoms with Crippen LogP contribution in [0.15, 0.2) is 65.4 Å². The number of fused-ring (bicyclic) bond motifs is 1. The molecular weight excluding hydrogens is 407 g/mol. The van der Waals surface area contributed by atoms with Crippen LogP contribution >= 0.6 is 11.3 Å². The zero-order valence-electron chi connectivity index (χ0n) is 15.9. The first-order valence-electron chi connectivity index (χ1n) is 9.55. The summed E-state index contributed by atoms with van der Waals surface area (Å²) in [7, 11) is -3.66. The monoisotopic (exact) mass is 430 g/mol. The Morgan fingerprint density at radius 1 is 1.07 bits per heavy atom. The topological polar surface area (TPSA) is 49.4 Å². The maximum Gasteiger partial charge on any atom is 0.215 e. The molecule has 2 heterocycles. The molecule has 0 radical (unpaired) electrons. The second kappa shape index (κ2) is 8.75. The molecule has 0 bridgehead atoms. The van der Waals surface area contributed by atoms with Gasteiger partial charge >= 0.3 is 0 Å². The van der Waals surface area contributed by atoms with Crippen LogP contribution in [0.1, 0.15) is 28.3 Å². The lowest BCUT2D eigenvalue weighted by Crippen LogP contribution is -2.40. The molecule has 0 saturated carbocycles. The van der Waals surface area contributed by atoms with Crippen LogP contribution in [0.5, 0.6) is 0 Å². The lowest BCUT2D eigenvalue weighted by Gasteiger charge is -2.35. The third kappa shape index (κ3) is 4.93. The highest BCUT2D eigenvalue weighted by atomic mass is 32.2. The fourth-order valence-corrected chi connectivity index (χ4v) is 5.65. The molecule has 1 N–H and O–H groups in total. The zero-order chi connectivity index (χ0) is 20.3. The molecule has 0 amide bonds. The zero-order valence-corrected chi connectivity index (χ0v) is 17.6. The summed E-state index contributed by atoms with van der Waals surface area (Å²) in [4.78, 5) is 2.32. The van der Waals surface area contributed by atoms with Gasteiger partial charge in [-0.25, -0.2) is 17.5 Å². The van der Waals surface area contributed by atoms with Gasteiger partial charge in [-0.3, -0.25) is 4.90 Å². The van der Waals surface area contributed by atoms with Crippen LogP contribution in [-0.2, 0) is 28.7 Å². The number of benzene rings is 2. The number of hydrogen-bond acceptors (Lipinski definition) is 4. The first-order chi connectivity index (χ1) is 14.0. The Morgan fingerprint density at radius 2 is 1.83 bits per heavy atom.